The molecule has 0 heterocycles. The molecule has 0 fully saturated rings. The average molecular weight is 359 g/mol. The quantitative estimate of drug-likeness (QED) is 0.719. The van der Waals surface area contributed by atoms with Crippen LogP contribution < -0.4 is 10.6 Å². The van der Waals surface area contributed by atoms with E-state index in [-0.39, 0.29) is 12.5 Å². The first-order chi connectivity index (χ1) is 12.1. The zero-order valence-electron chi connectivity index (χ0n) is 15.8. The van der Waals surface area contributed by atoms with Crippen LogP contribution in [0.3, 0.4) is 0 Å². The first-order valence-electron chi connectivity index (χ1n) is 8.32. The van der Waals surface area contributed by atoms with Crippen molar-refractivity contribution in [2.45, 2.75) is 40.2 Å². The van der Waals surface area contributed by atoms with Gasteiger partial charge < -0.3 is 15.4 Å². The molecular weight excluding hydrogens is 334 g/mol. The van der Waals surface area contributed by atoms with Crippen LogP contribution in [-0.4, -0.2) is 36.5 Å². The molecule has 0 aliphatic carbocycles. The number of amides is 2. The van der Waals surface area contributed by atoms with Crippen LogP contribution >= 0.6 is 0 Å². The molecule has 0 aliphatic heterocycles. The Morgan fingerprint density at radius 1 is 1.23 bits per heavy atom. The molecule has 7 heteroatoms. The Bertz CT molecular complexity index is 737. The van der Waals surface area contributed by atoms with Gasteiger partial charge in [-0.2, -0.15) is 5.26 Å². The molecule has 1 atom stereocenters. The summed E-state index contributed by atoms with van der Waals surface area (Å²) >= 11 is 0. The topological polar surface area (TPSA) is 108 Å². The summed E-state index contributed by atoms with van der Waals surface area (Å²) in [6, 6.07) is 7.27. The average Bonchev–Trinajstić information content (AvgIpc) is 2.59. The van der Waals surface area contributed by atoms with Gasteiger partial charge in [0, 0.05) is 5.56 Å². The Kier molecular flexibility index (Phi) is 7.32. The summed E-state index contributed by atoms with van der Waals surface area (Å²) in [5.41, 5.74) is 1.45. The second kappa shape index (κ2) is 8.99. The van der Waals surface area contributed by atoms with Gasteiger partial charge in [-0.15, -0.1) is 0 Å². The number of rotatable bonds is 7. The molecule has 1 aromatic rings. The fraction of sp³-hybridized carbons (Fsp3) is 0.474. The lowest BCUT2D eigenvalue weighted by atomic mass is 9.90. The van der Waals surface area contributed by atoms with Gasteiger partial charge in [-0.3, -0.25) is 14.4 Å². The zero-order valence-corrected chi connectivity index (χ0v) is 15.8. The molecular formula is C19H25N3O4. The normalized spacial score (nSPS) is 12.7. The van der Waals surface area contributed by atoms with Gasteiger partial charge in [0.15, 0.2) is 6.61 Å². The summed E-state index contributed by atoms with van der Waals surface area (Å²) in [7, 11) is 0. The maximum absolute atomic E-state index is 12.0. The van der Waals surface area contributed by atoms with E-state index in [1.807, 2.05) is 26.0 Å². The summed E-state index contributed by atoms with van der Waals surface area (Å²) < 4.78 is 4.83. The molecule has 0 aromatic heterocycles. The van der Waals surface area contributed by atoms with E-state index in [0.29, 0.717) is 5.56 Å². The highest BCUT2D eigenvalue weighted by Gasteiger charge is 2.30. The molecule has 26 heavy (non-hydrogen) atoms. The summed E-state index contributed by atoms with van der Waals surface area (Å²) in [5, 5.41) is 14.1. The van der Waals surface area contributed by atoms with E-state index >= 15 is 0 Å². The Hall–Kier alpha value is -2.88. The number of benzene rings is 1. The maximum atomic E-state index is 12.0. The SMILES string of the molecule is Cc1ccc(C(=O)NCC(=O)OCC(=O)N[C@@](C)(C#N)C(C)C)cc1C. The molecule has 0 bridgehead atoms. The number of nitriles is 1. The zero-order chi connectivity index (χ0) is 19.9. The summed E-state index contributed by atoms with van der Waals surface area (Å²) in [6.45, 7) is 8.18. The lowest BCUT2D eigenvalue weighted by Crippen LogP contribution is -2.50. The third-order valence-corrected chi connectivity index (χ3v) is 4.31. The number of carbonyl (C=O) groups is 3. The first kappa shape index (κ1) is 21.2. The number of nitrogens with zero attached hydrogens (tertiary/aromatic N) is 1. The van der Waals surface area contributed by atoms with Gasteiger partial charge in [-0.05, 0) is 49.9 Å². The minimum absolute atomic E-state index is 0.107. The molecule has 2 N–H and O–H groups in total. The molecule has 0 saturated heterocycles. The van der Waals surface area contributed by atoms with Crippen molar-refractivity contribution < 1.29 is 19.1 Å². The fourth-order valence-electron chi connectivity index (χ4n) is 1.96. The fourth-order valence-corrected chi connectivity index (χ4v) is 1.96. The Labute approximate surface area is 153 Å². The van der Waals surface area contributed by atoms with Gasteiger partial charge in [0.1, 0.15) is 12.1 Å². The second-order valence-electron chi connectivity index (χ2n) is 6.66. The van der Waals surface area contributed by atoms with Crippen molar-refractivity contribution in [2.75, 3.05) is 13.2 Å². The van der Waals surface area contributed by atoms with Crippen LogP contribution in [-0.2, 0) is 14.3 Å². The van der Waals surface area contributed by atoms with Crippen LogP contribution in [0.2, 0.25) is 0 Å². The lowest BCUT2D eigenvalue weighted by molar-refractivity contribution is -0.147. The highest BCUT2D eigenvalue weighted by Crippen LogP contribution is 2.14. The summed E-state index contributed by atoms with van der Waals surface area (Å²) in [5.74, 6) is -1.81. The Balaban J connectivity index is 2.45. The van der Waals surface area contributed by atoms with Crippen molar-refractivity contribution in [1.29, 1.82) is 5.26 Å². The second-order valence-corrected chi connectivity index (χ2v) is 6.66. The minimum atomic E-state index is -1.04. The van der Waals surface area contributed by atoms with Gasteiger partial charge in [-0.1, -0.05) is 19.9 Å². The van der Waals surface area contributed by atoms with E-state index in [2.05, 4.69) is 10.6 Å². The van der Waals surface area contributed by atoms with Crippen molar-refractivity contribution in [3.8, 4) is 6.07 Å². The van der Waals surface area contributed by atoms with Gasteiger partial charge in [0.25, 0.3) is 11.8 Å². The molecule has 1 aromatic carbocycles. The van der Waals surface area contributed by atoms with Crippen LogP contribution in [0, 0.1) is 31.1 Å². The molecule has 7 nitrogen and oxygen atoms in total. The molecule has 0 saturated carbocycles. The van der Waals surface area contributed by atoms with E-state index < -0.39 is 29.9 Å². The van der Waals surface area contributed by atoms with Crippen molar-refractivity contribution >= 4 is 17.8 Å². The molecule has 0 aliphatic rings. The predicted octanol–water partition coefficient (Wildman–Crippen LogP) is 1.63. The van der Waals surface area contributed by atoms with Gasteiger partial charge in [0.05, 0.1) is 6.07 Å². The number of esters is 1. The molecule has 0 unspecified atom stereocenters. The van der Waals surface area contributed by atoms with Crippen LogP contribution in [0.15, 0.2) is 18.2 Å². The highest BCUT2D eigenvalue weighted by atomic mass is 16.5. The third kappa shape index (κ3) is 5.88. The van der Waals surface area contributed by atoms with Gasteiger partial charge in [0.2, 0.25) is 0 Å². The maximum Gasteiger partial charge on any atom is 0.325 e. The molecule has 2 amide bonds. The first-order valence-corrected chi connectivity index (χ1v) is 8.32. The molecule has 140 valence electrons. The Morgan fingerprint density at radius 2 is 1.88 bits per heavy atom. The largest absolute Gasteiger partial charge is 0.454 e. The van der Waals surface area contributed by atoms with Crippen LogP contribution in [0.5, 0.6) is 0 Å². The van der Waals surface area contributed by atoms with Crippen LogP contribution in [0.4, 0.5) is 0 Å². The third-order valence-electron chi connectivity index (χ3n) is 4.31. The lowest BCUT2D eigenvalue weighted by Gasteiger charge is -2.27. The summed E-state index contributed by atoms with van der Waals surface area (Å²) in [6.07, 6.45) is 0. The van der Waals surface area contributed by atoms with Crippen LogP contribution in [0.1, 0.15) is 42.3 Å². The number of hydrogen-bond acceptors (Lipinski definition) is 5. The highest BCUT2D eigenvalue weighted by molar-refractivity contribution is 5.96. The number of carbonyl (C=O) groups excluding carboxylic acids is 3. The van der Waals surface area contributed by atoms with E-state index in [4.69, 9.17) is 10.00 Å². The molecule has 1 rings (SSSR count). The van der Waals surface area contributed by atoms with E-state index in [1.165, 1.54) is 0 Å². The van der Waals surface area contributed by atoms with E-state index in [0.717, 1.165) is 11.1 Å². The van der Waals surface area contributed by atoms with Gasteiger partial charge in [-0.25, -0.2) is 0 Å². The van der Waals surface area contributed by atoms with E-state index in [1.54, 1.807) is 32.9 Å². The summed E-state index contributed by atoms with van der Waals surface area (Å²) in [4.78, 5) is 35.5. The molecule has 0 spiro atoms. The van der Waals surface area contributed by atoms with Crippen molar-refractivity contribution in [3.63, 3.8) is 0 Å². The number of aryl methyl sites for hydroxylation is 2. The predicted molar refractivity (Wildman–Crippen MR) is 96.2 cm³/mol. The number of hydrogen-bond donors (Lipinski definition) is 2. The smallest absolute Gasteiger partial charge is 0.325 e. The number of nitrogens with one attached hydrogen (secondary N) is 2. The Morgan fingerprint density at radius 3 is 2.42 bits per heavy atom. The standard InChI is InChI=1S/C19H25N3O4/c1-12(2)19(5,11-20)22-16(23)10-26-17(24)9-21-18(25)15-7-6-13(3)14(4)8-15/h6-8,12H,9-10H2,1-5H3,(H,21,25)(H,22,23)/t19-/m0/s1. The van der Waals surface area contributed by atoms with Crippen molar-refractivity contribution in [2.24, 2.45) is 5.92 Å². The van der Waals surface area contributed by atoms with Crippen molar-refractivity contribution in [3.05, 3.63) is 34.9 Å². The van der Waals surface area contributed by atoms with E-state index in [9.17, 15) is 14.4 Å². The monoisotopic (exact) mass is 359 g/mol. The van der Waals surface area contributed by atoms with Gasteiger partial charge >= 0.3 is 5.97 Å². The van der Waals surface area contributed by atoms with Crippen LogP contribution in [0.25, 0.3) is 0 Å². The molecule has 0 radical (unpaired) electrons. The number of ether oxygens (including phenoxy) is 1. The minimum Gasteiger partial charge on any atom is -0.454 e. The van der Waals surface area contributed by atoms with Crippen molar-refractivity contribution in [1.82, 2.24) is 10.6 Å².